The Morgan fingerprint density at radius 3 is 2.52 bits per heavy atom. The number of hydrogen-bond acceptors (Lipinski definition) is 3. The lowest BCUT2D eigenvalue weighted by Crippen LogP contribution is -2.51. The summed E-state index contributed by atoms with van der Waals surface area (Å²) >= 11 is 0. The van der Waals surface area contributed by atoms with Crippen LogP contribution in [0, 0.1) is 0 Å². The van der Waals surface area contributed by atoms with E-state index in [1.54, 1.807) is 16.8 Å². The number of carbonyl (C=O) groups is 2. The summed E-state index contributed by atoms with van der Waals surface area (Å²) in [5.41, 5.74) is 2.03. The van der Waals surface area contributed by atoms with E-state index in [2.05, 4.69) is 11.9 Å². The monoisotopic (exact) mass is 315 g/mol. The summed E-state index contributed by atoms with van der Waals surface area (Å²) in [5, 5.41) is 0. The predicted molar refractivity (Wildman–Crippen MR) is 90.4 cm³/mol. The first-order valence-corrected chi connectivity index (χ1v) is 8.36. The van der Waals surface area contributed by atoms with Gasteiger partial charge in [0.05, 0.1) is 0 Å². The molecule has 0 aromatic heterocycles. The fraction of sp³-hybridized carbons (Fsp3) is 0.556. The van der Waals surface area contributed by atoms with E-state index in [0.717, 1.165) is 43.6 Å². The van der Waals surface area contributed by atoms with Crippen molar-refractivity contribution < 1.29 is 9.59 Å². The van der Waals surface area contributed by atoms with Gasteiger partial charge in [0.2, 0.25) is 0 Å². The van der Waals surface area contributed by atoms with E-state index >= 15 is 0 Å². The van der Waals surface area contributed by atoms with Gasteiger partial charge in [-0.3, -0.25) is 9.59 Å². The lowest BCUT2D eigenvalue weighted by Gasteiger charge is -2.35. The second-order valence-corrected chi connectivity index (χ2v) is 6.81. The fourth-order valence-electron chi connectivity index (χ4n) is 3.68. The van der Waals surface area contributed by atoms with Gasteiger partial charge in [0.15, 0.2) is 0 Å². The highest BCUT2D eigenvalue weighted by Gasteiger charge is 2.37. The molecule has 124 valence electrons. The van der Waals surface area contributed by atoms with Crippen molar-refractivity contribution in [2.75, 3.05) is 32.1 Å². The number of rotatable bonds is 1. The number of hydrogen-bond donors (Lipinski definition) is 0. The number of piperidine rings is 1. The van der Waals surface area contributed by atoms with E-state index in [-0.39, 0.29) is 18.0 Å². The molecule has 1 atom stereocenters. The highest BCUT2D eigenvalue weighted by atomic mass is 16.2. The average Bonchev–Trinajstić information content (AvgIpc) is 2.89. The normalized spacial score (nSPS) is 22.0. The van der Waals surface area contributed by atoms with Crippen molar-refractivity contribution in [1.29, 1.82) is 0 Å². The van der Waals surface area contributed by atoms with Gasteiger partial charge in [-0.1, -0.05) is 18.2 Å². The lowest BCUT2D eigenvalue weighted by atomic mass is 10.0. The van der Waals surface area contributed by atoms with E-state index in [4.69, 9.17) is 0 Å². The van der Waals surface area contributed by atoms with Crippen molar-refractivity contribution in [2.24, 2.45) is 0 Å². The number of carbonyl (C=O) groups excluding carboxylic acids is 2. The van der Waals surface area contributed by atoms with Gasteiger partial charge in [-0.15, -0.1) is 0 Å². The topological polar surface area (TPSA) is 43.9 Å². The van der Waals surface area contributed by atoms with Crippen molar-refractivity contribution in [3.05, 3.63) is 29.8 Å². The number of fused-ring (bicyclic) bond motifs is 1. The van der Waals surface area contributed by atoms with Crippen LogP contribution in [0.3, 0.4) is 0 Å². The third-order valence-electron chi connectivity index (χ3n) is 5.17. The molecule has 0 N–H and O–H groups in total. The molecule has 2 aliphatic heterocycles. The molecular formula is C18H25N3O2. The summed E-state index contributed by atoms with van der Waals surface area (Å²) in [5.74, 6) is -0.785. The van der Waals surface area contributed by atoms with Crippen LogP contribution in [-0.2, 0) is 16.0 Å². The molecule has 2 heterocycles. The largest absolute Gasteiger partial charge is 0.334 e. The number of nitrogens with zero attached hydrogens (tertiary/aromatic N) is 3. The molecule has 1 unspecified atom stereocenters. The Morgan fingerprint density at radius 2 is 1.83 bits per heavy atom. The van der Waals surface area contributed by atoms with Crippen LogP contribution in [0.5, 0.6) is 0 Å². The van der Waals surface area contributed by atoms with Gasteiger partial charge in [-0.25, -0.2) is 0 Å². The predicted octanol–water partition coefficient (Wildman–Crippen LogP) is 1.52. The Kier molecular flexibility index (Phi) is 4.39. The third kappa shape index (κ3) is 2.98. The van der Waals surface area contributed by atoms with E-state index in [1.165, 1.54) is 0 Å². The molecule has 0 spiro atoms. The van der Waals surface area contributed by atoms with Crippen molar-refractivity contribution in [3.63, 3.8) is 0 Å². The summed E-state index contributed by atoms with van der Waals surface area (Å²) in [6, 6.07) is 8.06. The molecule has 5 nitrogen and oxygen atoms in total. The van der Waals surface area contributed by atoms with Gasteiger partial charge < -0.3 is 14.7 Å². The van der Waals surface area contributed by atoms with Gasteiger partial charge in [-0.05, 0) is 58.0 Å². The maximum absolute atomic E-state index is 12.8. The Morgan fingerprint density at radius 1 is 1.17 bits per heavy atom. The Bertz CT molecular complexity index is 608. The third-order valence-corrected chi connectivity index (χ3v) is 5.17. The molecule has 1 saturated heterocycles. The van der Waals surface area contributed by atoms with Crippen LogP contribution in [-0.4, -0.2) is 60.9 Å². The van der Waals surface area contributed by atoms with Crippen molar-refractivity contribution in [3.8, 4) is 0 Å². The molecule has 0 bridgehead atoms. The highest BCUT2D eigenvalue weighted by Crippen LogP contribution is 2.32. The zero-order valence-electron chi connectivity index (χ0n) is 14.2. The first-order valence-electron chi connectivity index (χ1n) is 8.36. The Labute approximate surface area is 137 Å². The van der Waals surface area contributed by atoms with E-state index < -0.39 is 5.91 Å². The molecule has 1 aromatic carbocycles. The number of likely N-dealkylation sites (N-methyl/N-ethyl adjacent to an activating group) is 1. The first kappa shape index (κ1) is 16.0. The SMILES string of the molecule is CC1Cc2ccccc2N1C(=O)C(=O)N(C)C1CCN(C)CC1. The molecule has 0 aliphatic carbocycles. The van der Waals surface area contributed by atoms with Gasteiger partial charge in [0.25, 0.3) is 0 Å². The van der Waals surface area contributed by atoms with Crippen molar-refractivity contribution in [1.82, 2.24) is 9.80 Å². The van der Waals surface area contributed by atoms with Crippen LogP contribution < -0.4 is 4.90 Å². The minimum absolute atomic E-state index is 0.0368. The van der Waals surface area contributed by atoms with Crippen LogP contribution >= 0.6 is 0 Å². The van der Waals surface area contributed by atoms with Crippen molar-refractivity contribution >= 4 is 17.5 Å². The number of amides is 2. The van der Waals surface area contributed by atoms with Crippen LogP contribution in [0.4, 0.5) is 5.69 Å². The van der Waals surface area contributed by atoms with E-state index in [0.29, 0.717) is 0 Å². The molecular weight excluding hydrogens is 290 g/mol. The molecule has 1 fully saturated rings. The minimum atomic E-state index is -0.399. The molecule has 1 aromatic rings. The van der Waals surface area contributed by atoms with Crippen LogP contribution in [0.15, 0.2) is 24.3 Å². The zero-order chi connectivity index (χ0) is 16.6. The molecule has 0 saturated carbocycles. The number of benzene rings is 1. The highest BCUT2D eigenvalue weighted by molar-refractivity contribution is 6.40. The maximum Gasteiger partial charge on any atom is 0.316 e. The molecule has 3 rings (SSSR count). The Hall–Kier alpha value is -1.88. The smallest absolute Gasteiger partial charge is 0.316 e. The zero-order valence-corrected chi connectivity index (χ0v) is 14.2. The summed E-state index contributed by atoms with van der Waals surface area (Å²) in [6.45, 7) is 3.94. The van der Waals surface area contributed by atoms with Gasteiger partial charge in [-0.2, -0.15) is 0 Å². The maximum atomic E-state index is 12.8. The number of anilines is 1. The minimum Gasteiger partial charge on any atom is -0.334 e. The van der Waals surface area contributed by atoms with Gasteiger partial charge in [0.1, 0.15) is 0 Å². The number of likely N-dealkylation sites (tertiary alicyclic amines) is 1. The summed E-state index contributed by atoms with van der Waals surface area (Å²) in [4.78, 5) is 31.1. The molecule has 0 radical (unpaired) electrons. The van der Waals surface area contributed by atoms with Crippen LogP contribution in [0.25, 0.3) is 0 Å². The van der Waals surface area contributed by atoms with E-state index in [9.17, 15) is 9.59 Å². The lowest BCUT2D eigenvalue weighted by molar-refractivity contribution is -0.145. The van der Waals surface area contributed by atoms with E-state index in [1.807, 2.05) is 31.2 Å². The van der Waals surface area contributed by atoms with Crippen LogP contribution in [0.1, 0.15) is 25.3 Å². The first-order chi connectivity index (χ1) is 11.0. The Balaban J connectivity index is 1.74. The fourth-order valence-corrected chi connectivity index (χ4v) is 3.68. The average molecular weight is 315 g/mol. The second-order valence-electron chi connectivity index (χ2n) is 6.81. The summed E-state index contributed by atoms with van der Waals surface area (Å²) in [7, 11) is 3.86. The van der Waals surface area contributed by atoms with Gasteiger partial charge in [0, 0.05) is 24.8 Å². The quantitative estimate of drug-likeness (QED) is 0.738. The second kappa shape index (κ2) is 6.32. The standard InChI is InChI=1S/C18H25N3O2/c1-13-12-14-6-4-5-7-16(14)21(13)18(23)17(22)20(3)15-8-10-19(2)11-9-15/h4-7,13,15H,8-12H2,1-3H3. The number of para-hydroxylation sites is 1. The van der Waals surface area contributed by atoms with Crippen LogP contribution in [0.2, 0.25) is 0 Å². The molecule has 5 heteroatoms. The van der Waals surface area contributed by atoms with Gasteiger partial charge >= 0.3 is 11.8 Å². The molecule has 23 heavy (non-hydrogen) atoms. The molecule has 2 amide bonds. The summed E-state index contributed by atoms with van der Waals surface area (Å²) in [6.07, 6.45) is 2.67. The summed E-state index contributed by atoms with van der Waals surface area (Å²) < 4.78 is 0. The van der Waals surface area contributed by atoms with Crippen molar-refractivity contribution in [2.45, 2.75) is 38.3 Å². The molecule has 2 aliphatic rings.